The van der Waals surface area contributed by atoms with E-state index >= 15 is 0 Å². The molecule has 0 spiro atoms. The number of H-pyrrole nitrogens is 1. The van der Waals surface area contributed by atoms with E-state index in [1.165, 1.54) is 4.90 Å². The maximum absolute atomic E-state index is 13.1. The number of piperidine rings is 1. The van der Waals surface area contributed by atoms with Crippen LogP contribution in [0.1, 0.15) is 42.4 Å². The van der Waals surface area contributed by atoms with Crippen molar-refractivity contribution in [2.45, 2.75) is 38.5 Å². The summed E-state index contributed by atoms with van der Waals surface area (Å²) < 4.78 is 44.4. The Bertz CT molecular complexity index is 883. The largest absolute Gasteiger partial charge is 0.432 e. The van der Waals surface area contributed by atoms with Gasteiger partial charge in [0.15, 0.2) is 5.69 Å². The molecule has 2 aliphatic rings. The first-order valence-electron chi connectivity index (χ1n) is 10.6. The lowest BCUT2D eigenvalue weighted by molar-refractivity contribution is -0.141. The third-order valence-corrected chi connectivity index (χ3v) is 6.24. The van der Waals surface area contributed by atoms with Crippen molar-refractivity contribution in [1.82, 2.24) is 20.0 Å². The van der Waals surface area contributed by atoms with E-state index in [2.05, 4.69) is 10.00 Å². The van der Waals surface area contributed by atoms with Gasteiger partial charge in [-0.1, -0.05) is 24.6 Å². The number of alkyl halides is 3. The van der Waals surface area contributed by atoms with Crippen molar-refractivity contribution in [2.75, 3.05) is 39.8 Å². The second-order valence-corrected chi connectivity index (χ2v) is 8.83. The van der Waals surface area contributed by atoms with Gasteiger partial charge in [0.25, 0.3) is 5.91 Å². The Kier molecular flexibility index (Phi) is 7.89. The molecule has 7 nitrogen and oxygen atoms in total. The number of amides is 1. The molecule has 1 fully saturated rings. The summed E-state index contributed by atoms with van der Waals surface area (Å²) in [6.07, 6.45) is -0.0476. The van der Waals surface area contributed by atoms with E-state index in [0.717, 1.165) is 32.0 Å². The summed E-state index contributed by atoms with van der Waals surface area (Å²) >= 11 is 6.44. The van der Waals surface area contributed by atoms with Crippen molar-refractivity contribution < 1.29 is 22.7 Å². The fraction of sp³-hybridized carbons (Fsp3) is 0.619. The van der Waals surface area contributed by atoms with Gasteiger partial charge < -0.3 is 15.4 Å². The van der Waals surface area contributed by atoms with Gasteiger partial charge in [-0.15, -0.1) is 0 Å². The van der Waals surface area contributed by atoms with E-state index in [0.29, 0.717) is 35.8 Å². The number of halogens is 4. The number of aromatic amines is 1. The van der Waals surface area contributed by atoms with Crippen LogP contribution < -0.4 is 5.73 Å². The van der Waals surface area contributed by atoms with Crippen molar-refractivity contribution in [1.29, 1.82) is 0 Å². The summed E-state index contributed by atoms with van der Waals surface area (Å²) in [4.78, 5) is 16.8. The number of rotatable bonds is 7. The highest BCUT2D eigenvalue weighted by Crippen LogP contribution is 2.31. The molecule has 1 aliphatic carbocycles. The molecular formula is C21H29ClF3N5O2. The van der Waals surface area contributed by atoms with Crippen molar-refractivity contribution in [3.05, 3.63) is 39.8 Å². The maximum atomic E-state index is 13.1. The molecule has 1 aromatic heterocycles. The fourth-order valence-electron chi connectivity index (χ4n) is 4.06. The van der Waals surface area contributed by atoms with E-state index in [1.54, 1.807) is 7.11 Å². The van der Waals surface area contributed by atoms with Crippen LogP contribution in [0.25, 0.3) is 0 Å². The molecule has 3 rings (SSSR count). The van der Waals surface area contributed by atoms with Crippen LogP contribution in [0.5, 0.6) is 0 Å². The molecule has 1 amide bonds. The summed E-state index contributed by atoms with van der Waals surface area (Å²) in [7, 11) is 1.67. The predicted molar refractivity (Wildman–Crippen MR) is 115 cm³/mol. The van der Waals surface area contributed by atoms with Crippen molar-refractivity contribution >= 4 is 17.5 Å². The molecule has 32 heavy (non-hydrogen) atoms. The van der Waals surface area contributed by atoms with E-state index in [1.807, 2.05) is 18.1 Å². The average Bonchev–Trinajstić information content (AvgIpc) is 3.23. The first-order valence-corrected chi connectivity index (χ1v) is 11.0. The van der Waals surface area contributed by atoms with Crippen molar-refractivity contribution in [2.24, 2.45) is 11.7 Å². The number of ether oxygens (including phenoxy) is 1. The Morgan fingerprint density at radius 2 is 2.22 bits per heavy atom. The van der Waals surface area contributed by atoms with Crippen LogP contribution >= 0.6 is 11.6 Å². The van der Waals surface area contributed by atoms with Crippen molar-refractivity contribution in [3.8, 4) is 0 Å². The molecule has 1 saturated heterocycles. The summed E-state index contributed by atoms with van der Waals surface area (Å²) in [5.41, 5.74) is 5.91. The molecular weight excluding hydrogens is 447 g/mol. The maximum Gasteiger partial charge on any atom is 0.432 e. The highest BCUT2D eigenvalue weighted by molar-refractivity contribution is 6.30. The topological polar surface area (TPSA) is 87.5 Å². The first-order chi connectivity index (χ1) is 15.1. The van der Waals surface area contributed by atoms with Gasteiger partial charge in [-0.3, -0.25) is 14.8 Å². The Morgan fingerprint density at radius 1 is 1.47 bits per heavy atom. The second kappa shape index (κ2) is 10.3. The van der Waals surface area contributed by atoms with Crippen LogP contribution in [0, 0.1) is 5.92 Å². The molecule has 0 aromatic carbocycles. The molecule has 0 radical (unpaired) electrons. The van der Waals surface area contributed by atoms with Crippen LogP contribution in [0.3, 0.4) is 0 Å². The molecule has 3 N–H and O–H groups in total. The van der Waals surface area contributed by atoms with E-state index in [4.69, 9.17) is 22.1 Å². The Hall–Kier alpha value is -2.04. The van der Waals surface area contributed by atoms with Gasteiger partial charge in [0.2, 0.25) is 0 Å². The summed E-state index contributed by atoms with van der Waals surface area (Å²) in [5.74, 6) is -0.434. The van der Waals surface area contributed by atoms with Gasteiger partial charge in [-0.25, -0.2) is 0 Å². The molecule has 0 bridgehead atoms. The molecule has 0 saturated carbocycles. The number of nitrogens with two attached hydrogens (primary N) is 1. The SMILES string of the molecule is COC1CCCN(CCN(CC2=C(Cl)CC(C)C=C2N)C(=O)c2cc(C(F)(F)F)[nH]n2)C1. The summed E-state index contributed by atoms with van der Waals surface area (Å²) in [5, 5.41) is 6.07. The molecule has 1 aliphatic heterocycles. The lowest BCUT2D eigenvalue weighted by atomic mass is 9.95. The molecule has 11 heteroatoms. The number of carbonyl (C=O) groups excluding carboxylic acids is 1. The zero-order chi connectivity index (χ0) is 23.5. The van der Waals surface area contributed by atoms with Gasteiger partial charge in [-0.2, -0.15) is 18.3 Å². The normalized spacial score (nSPS) is 22.8. The molecule has 178 valence electrons. The Labute approximate surface area is 190 Å². The second-order valence-electron chi connectivity index (χ2n) is 8.38. The van der Waals surface area contributed by atoms with Crippen LogP contribution in [0.4, 0.5) is 13.2 Å². The third kappa shape index (κ3) is 6.05. The number of allylic oxidation sites excluding steroid dienone is 2. The number of aromatic nitrogens is 2. The lowest BCUT2D eigenvalue weighted by Crippen LogP contribution is -2.45. The van der Waals surface area contributed by atoms with Crippen LogP contribution in [0.15, 0.2) is 28.4 Å². The minimum atomic E-state index is -4.61. The average molecular weight is 476 g/mol. The minimum Gasteiger partial charge on any atom is -0.399 e. The molecule has 2 atom stereocenters. The van der Waals surface area contributed by atoms with E-state index in [9.17, 15) is 18.0 Å². The number of nitrogens with one attached hydrogen (secondary N) is 1. The van der Waals surface area contributed by atoms with Crippen LogP contribution in [0.2, 0.25) is 0 Å². The van der Waals surface area contributed by atoms with Gasteiger partial charge >= 0.3 is 6.18 Å². The number of methoxy groups -OCH3 is 1. The van der Waals surface area contributed by atoms with Crippen LogP contribution in [-0.2, 0) is 10.9 Å². The van der Waals surface area contributed by atoms with Gasteiger partial charge in [-0.05, 0) is 31.7 Å². The number of hydrogen-bond acceptors (Lipinski definition) is 5. The quantitative estimate of drug-likeness (QED) is 0.631. The standard InChI is InChI=1S/C21H29ClF3N5O2/c1-13-8-16(22)15(17(26)9-13)12-30(7-6-29-5-3-4-14(11-29)32-2)20(31)18-10-19(28-27-18)21(23,24)25/h9-10,13-14H,3-8,11-12,26H2,1-2H3,(H,27,28). The number of carbonyl (C=O) groups is 1. The lowest BCUT2D eigenvalue weighted by Gasteiger charge is -2.34. The van der Waals surface area contributed by atoms with Gasteiger partial charge in [0.1, 0.15) is 5.69 Å². The Balaban J connectivity index is 1.79. The highest BCUT2D eigenvalue weighted by Gasteiger charge is 2.35. The van der Waals surface area contributed by atoms with Gasteiger partial charge in [0, 0.05) is 55.7 Å². The highest BCUT2D eigenvalue weighted by atomic mass is 35.5. The van der Waals surface area contributed by atoms with E-state index in [-0.39, 0.29) is 24.3 Å². The molecule has 2 heterocycles. The number of hydrogen-bond donors (Lipinski definition) is 2. The minimum absolute atomic E-state index is 0.0997. The fourth-order valence-corrected chi connectivity index (χ4v) is 4.47. The zero-order valence-electron chi connectivity index (χ0n) is 18.2. The Morgan fingerprint density at radius 3 is 2.84 bits per heavy atom. The monoisotopic (exact) mass is 475 g/mol. The predicted octanol–water partition coefficient (Wildman–Crippen LogP) is 3.36. The van der Waals surface area contributed by atoms with Crippen LogP contribution in [-0.4, -0.2) is 71.8 Å². The zero-order valence-corrected chi connectivity index (χ0v) is 19.0. The van der Waals surface area contributed by atoms with Gasteiger partial charge in [0.05, 0.1) is 6.10 Å². The van der Waals surface area contributed by atoms with Crippen molar-refractivity contribution in [3.63, 3.8) is 0 Å². The molecule has 1 aromatic rings. The third-order valence-electron chi connectivity index (χ3n) is 5.86. The number of likely N-dealkylation sites (tertiary alicyclic amines) is 1. The van der Waals surface area contributed by atoms with E-state index < -0.39 is 17.8 Å². The summed E-state index contributed by atoms with van der Waals surface area (Å²) in [6.45, 7) is 4.53. The first kappa shape index (κ1) is 24.6. The summed E-state index contributed by atoms with van der Waals surface area (Å²) in [6, 6.07) is 0.731. The molecule has 2 unspecified atom stereocenters. The number of nitrogens with zero attached hydrogens (tertiary/aromatic N) is 3. The smallest absolute Gasteiger partial charge is 0.399 e.